The lowest BCUT2D eigenvalue weighted by Gasteiger charge is -2.36. The van der Waals surface area contributed by atoms with E-state index in [1.807, 2.05) is 0 Å². The second-order valence-corrected chi connectivity index (χ2v) is 6.69. The number of nitrogens with one attached hydrogen (secondary N) is 1. The van der Waals surface area contributed by atoms with Gasteiger partial charge < -0.3 is 10.4 Å². The van der Waals surface area contributed by atoms with E-state index >= 15 is 0 Å². The zero-order chi connectivity index (χ0) is 13.8. The predicted molar refractivity (Wildman–Crippen MR) is 82.5 cm³/mol. The van der Waals surface area contributed by atoms with Crippen LogP contribution in [0.15, 0.2) is 30.3 Å². The third-order valence-electron chi connectivity index (χ3n) is 5.12. The first-order valence-electron chi connectivity index (χ1n) is 8.29. The second-order valence-electron chi connectivity index (χ2n) is 6.69. The van der Waals surface area contributed by atoms with Crippen molar-refractivity contribution < 1.29 is 5.11 Å². The number of hydrogen-bond acceptors (Lipinski definition) is 2. The van der Waals surface area contributed by atoms with Crippen molar-refractivity contribution in [1.29, 1.82) is 0 Å². The molecule has 2 aliphatic rings. The van der Waals surface area contributed by atoms with E-state index in [1.165, 1.54) is 37.7 Å². The monoisotopic (exact) mass is 273 g/mol. The van der Waals surface area contributed by atoms with Crippen LogP contribution in [0.2, 0.25) is 0 Å². The van der Waals surface area contributed by atoms with Crippen LogP contribution in [0.3, 0.4) is 0 Å². The van der Waals surface area contributed by atoms with Gasteiger partial charge in [0.05, 0.1) is 6.10 Å². The Morgan fingerprint density at radius 3 is 2.40 bits per heavy atom. The molecule has 2 saturated carbocycles. The standard InChI is InChI=1S/C18H27NO/c20-17-11-14(12-17)13-19-18(15-7-3-1-4-8-15)16-9-5-2-6-10-16/h1,3-4,7-8,14,16-20H,2,5-6,9-13H2. The van der Waals surface area contributed by atoms with Gasteiger partial charge in [-0.3, -0.25) is 0 Å². The van der Waals surface area contributed by atoms with Crippen molar-refractivity contribution in [3.05, 3.63) is 35.9 Å². The molecule has 2 heteroatoms. The van der Waals surface area contributed by atoms with Gasteiger partial charge in [0.15, 0.2) is 0 Å². The van der Waals surface area contributed by atoms with Crippen molar-refractivity contribution in [2.45, 2.75) is 57.1 Å². The average Bonchev–Trinajstić information content (AvgIpc) is 2.48. The van der Waals surface area contributed by atoms with E-state index in [-0.39, 0.29) is 6.10 Å². The molecule has 0 spiro atoms. The minimum absolute atomic E-state index is 0.0355. The summed E-state index contributed by atoms with van der Waals surface area (Å²) in [5.41, 5.74) is 1.44. The zero-order valence-corrected chi connectivity index (χ0v) is 12.3. The summed E-state index contributed by atoms with van der Waals surface area (Å²) in [6, 6.07) is 11.4. The maximum atomic E-state index is 9.42. The lowest BCUT2D eigenvalue weighted by atomic mass is 9.79. The van der Waals surface area contributed by atoms with Gasteiger partial charge >= 0.3 is 0 Å². The molecule has 110 valence electrons. The van der Waals surface area contributed by atoms with E-state index in [0.29, 0.717) is 12.0 Å². The normalized spacial score (nSPS) is 28.9. The molecule has 2 N–H and O–H groups in total. The second kappa shape index (κ2) is 6.73. The number of hydrogen-bond donors (Lipinski definition) is 2. The van der Waals surface area contributed by atoms with Gasteiger partial charge in [-0.15, -0.1) is 0 Å². The largest absolute Gasteiger partial charge is 0.393 e. The van der Waals surface area contributed by atoms with Gasteiger partial charge in [0.2, 0.25) is 0 Å². The van der Waals surface area contributed by atoms with E-state index < -0.39 is 0 Å². The SMILES string of the molecule is OC1CC(CNC(c2ccccc2)C2CCCCC2)C1. The van der Waals surface area contributed by atoms with Crippen LogP contribution in [0, 0.1) is 11.8 Å². The van der Waals surface area contributed by atoms with Gasteiger partial charge in [0.1, 0.15) is 0 Å². The fourth-order valence-electron chi connectivity index (χ4n) is 3.85. The van der Waals surface area contributed by atoms with Crippen molar-refractivity contribution >= 4 is 0 Å². The quantitative estimate of drug-likeness (QED) is 0.858. The van der Waals surface area contributed by atoms with Gasteiger partial charge in [-0.25, -0.2) is 0 Å². The Morgan fingerprint density at radius 1 is 1.05 bits per heavy atom. The van der Waals surface area contributed by atoms with Crippen molar-refractivity contribution in [1.82, 2.24) is 5.32 Å². The van der Waals surface area contributed by atoms with Crippen LogP contribution in [-0.4, -0.2) is 17.8 Å². The highest BCUT2D eigenvalue weighted by Crippen LogP contribution is 2.35. The molecule has 1 unspecified atom stereocenters. The summed E-state index contributed by atoms with van der Waals surface area (Å²) in [6.45, 7) is 1.06. The molecule has 0 aromatic heterocycles. The molecule has 1 aromatic rings. The summed E-state index contributed by atoms with van der Waals surface area (Å²) in [5, 5.41) is 13.2. The van der Waals surface area contributed by atoms with E-state index in [1.54, 1.807) is 0 Å². The van der Waals surface area contributed by atoms with Gasteiger partial charge in [0.25, 0.3) is 0 Å². The Morgan fingerprint density at radius 2 is 1.75 bits per heavy atom. The van der Waals surface area contributed by atoms with Crippen LogP contribution in [-0.2, 0) is 0 Å². The molecule has 2 aliphatic carbocycles. The summed E-state index contributed by atoms with van der Waals surface area (Å²) < 4.78 is 0. The highest BCUT2D eigenvalue weighted by atomic mass is 16.3. The molecule has 0 aliphatic heterocycles. The van der Waals surface area contributed by atoms with Crippen molar-refractivity contribution in [2.75, 3.05) is 6.54 Å². The van der Waals surface area contributed by atoms with Crippen LogP contribution in [0.1, 0.15) is 56.6 Å². The maximum absolute atomic E-state index is 9.42. The van der Waals surface area contributed by atoms with Gasteiger partial charge in [-0.05, 0) is 49.6 Å². The molecule has 1 aromatic carbocycles. The molecule has 2 nitrogen and oxygen atoms in total. The Bertz CT molecular complexity index is 393. The number of aliphatic hydroxyl groups is 1. The third kappa shape index (κ3) is 3.42. The Balaban J connectivity index is 1.63. The molecule has 0 saturated heterocycles. The molecule has 20 heavy (non-hydrogen) atoms. The van der Waals surface area contributed by atoms with Crippen LogP contribution in [0.5, 0.6) is 0 Å². The molecule has 2 fully saturated rings. The maximum Gasteiger partial charge on any atom is 0.0546 e. The lowest BCUT2D eigenvalue weighted by molar-refractivity contribution is 0.0403. The average molecular weight is 273 g/mol. The molecule has 1 atom stereocenters. The Labute approximate surface area is 122 Å². The molecule has 3 rings (SSSR count). The first kappa shape index (κ1) is 14.1. The van der Waals surface area contributed by atoms with Crippen molar-refractivity contribution in [3.8, 4) is 0 Å². The predicted octanol–water partition coefficient (Wildman–Crippen LogP) is 3.67. The molecule has 0 bridgehead atoms. The molecule has 0 heterocycles. The van der Waals surface area contributed by atoms with Crippen molar-refractivity contribution in [2.24, 2.45) is 11.8 Å². The minimum Gasteiger partial charge on any atom is -0.393 e. The summed E-state index contributed by atoms with van der Waals surface area (Å²) in [5.74, 6) is 1.47. The van der Waals surface area contributed by atoms with E-state index in [0.717, 1.165) is 25.3 Å². The van der Waals surface area contributed by atoms with Crippen molar-refractivity contribution in [3.63, 3.8) is 0 Å². The zero-order valence-electron chi connectivity index (χ0n) is 12.3. The van der Waals surface area contributed by atoms with E-state index in [2.05, 4.69) is 35.6 Å². The topological polar surface area (TPSA) is 32.3 Å². The summed E-state index contributed by atoms with van der Waals surface area (Å²) in [7, 11) is 0. The smallest absolute Gasteiger partial charge is 0.0546 e. The molecular formula is C18H27NO. The van der Waals surface area contributed by atoms with Crippen LogP contribution < -0.4 is 5.32 Å². The summed E-state index contributed by atoms with van der Waals surface area (Å²) in [4.78, 5) is 0. The van der Waals surface area contributed by atoms with E-state index in [4.69, 9.17) is 0 Å². The number of rotatable bonds is 5. The molecule has 0 radical (unpaired) electrons. The number of aliphatic hydroxyl groups excluding tert-OH is 1. The third-order valence-corrected chi connectivity index (χ3v) is 5.12. The molecule has 0 amide bonds. The highest BCUT2D eigenvalue weighted by Gasteiger charge is 2.30. The Kier molecular flexibility index (Phi) is 4.74. The number of benzene rings is 1. The van der Waals surface area contributed by atoms with Crippen LogP contribution in [0.25, 0.3) is 0 Å². The fraction of sp³-hybridized carbons (Fsp3) is 0.667. The Hall–Kier alpha value is -0.860. The summed E-state index contributed by atoms with van der Waals surface area (Å²) >= 11 is 0. The first-order valence-corrected chi connectivity index (χ1v) is 8.29. The molecular weight excluding hydrogens is 246 g/mol. The fourth-order valence-corrected chi connectivity index (χ4v) is 3.85. The first-order chi connectivity index (χ1) is 9.83. The van der Waals surface area contributed by atoms with Gasteiger partial charge in [0, 0.05) is 6.04 Å². The van der Waals surface area contributed by atoms with Crippen LogP contribution >= 0.6 is 0 Å². The van der Waals surface area contributed by atoms with Gasteiger partial charge in [-0.2, -0.15) is 0 Å². The lowest BCUT2D eigenvalue weighted by Crippen LogP contribution is -2.39. The van der Waals surface area contributed by atoms with Crippen LogP contribution in [0.4, 0.5) is 0 Å². The van der Waals surface area contributed by atoms with Gasteiger partial charge in [-0.1, -0.05) is 49.6 Å². The highest BCUT2D eigenvalue weighted by molar-refractivity contribution is 5.20. The van der Waals surface area contributed by atoms with E-state index in [9.17, 15) is 5.11 Å². The minimum atomic E-state index is -0.0355. The summed E-state index contributed by atoms with van der Waals surface area (Å²) in [6.07, 6.45) is 8.84.